The first kappa shape index (κ1) is 15.1. The van der Waals surface area contributed by atoms with E-state index in [2.05, 4.69) is 5.32 Å². The molecule has 0 spiro atoms. The van der Waals surface area contributed by atoms with Crippen LogP contribution in [0.2, 0.25) is 0 Å². The van der Waals surface area contributed by atoms with Gasteiger partial charge in [-0.15, -0.1) is 0 Å². The van der Waals surface area contributed by atoms with Gasteiger partial charge in [0.1, 0.15) is 10.1 Å². The van der Waals surface area contributed by atoms with Crippen LogP contribution in [-0.2, 0) is 4.79 Å². The highest BCUT2D eigenvalue weighted by Crippen LogP contribution is 2.31. The van der Waals surface area contributed by atoms with Crippen molar-refractivity contribution in [2.75, 3.05) is 0 Å². The predicted octanol–water partition coefficient (Wildman–Crippen LogP) is 4.03. The lowest BCUT2D eigenvalue weighted by Gasteiger charge is -2.03. The molecule has 1 aliphatic rings. The maximum Gasteiger partial charge on any atom is 0.263 e. The molecule has 2 aromatic carbocycles. The lowest BCUT2D eigenvalue weighted by atomic mass is 10.2. The lowest BCUT2D eigenvalue weighted by Crippen LogP contribution is -2.17. The summed E-state index contributed by atoms with van der Waals surface area (Å²) >= 11 is 7.85. The fourth-order valence-corrected chi connectivity index (χ4v) is 3.82. The summed E-state index contributed by atoms with van der Waals surface area (Å²) < 4.78 is 0.492. The van der Waals surface area contributed by atoms with Crippen molar-refractivity contribution in [3.63, 3.8) is 0 Å². The van der Waals surface area contributed by atoms with Crippen molar-refractivity contribution in [1.29, 1.82) is 0 Å². The molecule has 0 radical (unpaired) electrons. The average Bonchev–Trinajstić information content (AvgIpc) is 2.80. The zero-order chi connectivity index (χ0) is 15.5. The average molecular weight is 345 g/mol. The summed E-state index contributed by atoms with van der Waals surface area (Å²) in [6.45, 7) is 0. The first-order chi connectivity index (χ1) is 10.6. The van der Waals surface area contributed by atoms with Crippen molar-refractivity contribution in [3.05, 3.63) is 59.0 Å². The Kier molecular flexibility index (Phi) is 4.52. The lowest BCUT2D eigenvalue weighted by molar-refractivity contribution is -0.115. The SMILES string of the molecule is O=C1NC(=S)SC1=Cc1cccc(Sc2ccc(O)cc2)c1. The van der Waals surface area contributed by atoms with Gasteiger partial charge in [-0.25, -0.2) is 0 Å². The Morgan fingerprint density at radius 2 is 1.91 bits per heavy atom. The van der Waals surface area contributed by atoms with Gasteiger partial charge in [-0.05, 0) is 48.0 Å². The highest BCUT2D eigenvalue weighted by atomic mass is 32.2. The maximum atomic E-state index is 11.7. The molecule has 3 rings (SSSR count). The zero-order valence-electron chi connectivity index (χ0n) is 11.3. The molecule has 0 bridgehead atoms. The first-order valence-electron chi connectivity index (χ1n) is 6.42. The summed E-state index contributed by atoms with van der Waals surface area (Å²) in [7, 11) is 0. The fraction of sp³-hybridized carbons (Fsp3) is 0. The summed E-state index contributed by atoms with van der Waals surface area (Å²) in [6.07, 6.45) is 1.83. The van der Waals surface area contributed by atoms with Crippen LogP contribution in [0.5, 0.6) is 5.75 Å². The third-order valence-corrected chi connectivity index (χ3v) is 5.03. The Hall–Kier alpha value is -1.76. The summed E-state index contributed by atoms with van der Waals surface area (Å²) in [6, 6.07) is 15.0. The van der Waals surface area contributed by atoms with Crippen molar-refractivity contribution in [3.8, 4) is 5.75 Å². The monoisotopic (exact) mass is 345 g/mol. The third kappa shape index (κ3) is 3.71. The standard InChI is InChI=1S/C16H11NO2S3/c18-11-4-6-12(7-5-11)21-13-3-1-2-10(8-13)9-14-15(19)17-16(20)22-14/h1-9,18H,(H,17,19,20). The molecular formula is C16H11NO2S3. The van der Waals surface area contributed by atoms with Crippen molar-refractivity contribution in [2.45, 2.75) is 9.79 Å². The van der Waals surface area contributed by atoms with Gasteiger partial charge in [0.05, 0.1) is 4.91 Å². The maximum absolute atomic E-state index is 11.7. The van der Waals surface area contributed by atoms with Crippen LogP contribution in [-0.4, -0.2) is 15.3 Å². The zero-order valence-corrected chi connectivity index (χ0v) is 13.7. The van der Waals surface area contributed by atoms with Crippen LogP contribution in [0.3, 0.4) is 0 Å². The Labute approximate surface area is 141 Å². The number of rotatable bonds is 3. The van der Waals surface area contributed by atoms with Gasteiger partial charge in [-0.2, -0.15) is 0 Å². The van der Waals surface area contributed by atoms with Gasteiger partial charge in [0.25, 0.3) is 5.91 Å². The number of phenols is 1. The van der Waals surface area contributed by atoms with Crippen LogP contribution in [0.1, 0.15) is 5.56 Å². The number of thioether (sulfide) groups is 1. The molecule has 1 amide bonds. The van der Waals surface area contributed by atoms with Crippen molar-refractivity contribution in [1.82, 2.24) is 5.32 Å². The number of carbonyl (C=O) groups is 1. The molecule has 1 aliphatic heterocycles. The highest BCUT2D eigenvalue weighted by molar-refractivity contribution is 8.26. The van der Waals surface area contributed by atoms with Crippen LogP contribution in [0.15, 0.2) is 63.2 Å². The first-order valence-corrected chi connectivity index (χ1v) is 8.46. The van der Waals surface area contributed by atoms with Crippen LogP contribution in [0.4, 0.5) is 0 Å². The molecule has 22 heavy (non-hydrogen) atoms. The molecule has 6 heteroatoms. The van der Waals surface area contributed by atoms with E-state index < -0.39 is 0 Å². The number of hydrogen-bond donors (Lipinski definition) is 2. The van der Waals surface area contributed by atoms with E-state index >= 15 is 0 Å². The molecule has 110 valence electrons. The third-order valence-electron chi connectivity index (χ3n) is 2.87. The van der Waals surface area contributed by atoms with Gasteiger partial charge >= 0.3 is 0 Å². The molecule has 0 saturated carbocycles. The van der Waals surface area contributed by atoms with Crippen LogP contribution < -0.4 is 5.32 Å². The molecule has 2 N–H and O–H groups in total. The number of amides is 1. The van der Waals surface area contributed by atoms with Crippen LogP contribution in [0, 0.1) is 0 Å². The fourth-order valence-electron chi connectivity index (χ4n) is 1.89. The second-order valence-electron chi connectivity index (χ2n) is 4.52. The smallest absolute Gasteiger partial charge is 0.263 e. The Morgan fingerprint density at radius 1 is 1.14 bits per heavy atom. The molecule has 1 saturated heterocycles. The van der Waals surface area contributed by atoms with E-state index in [0.29, 0.717) is 9.23 Å². The van der Waals surface area contributed by atoms with Crippen molar-refractivity contribution >= 4 is 52.0 Å². The van der Waals surface area contributed by atoms with Gasteiger partial charge in [-0.1, -0.05) is 47.9 Å². The number of thiocarbonyl (C=S) groups is 1. The molecule has 1 fully saturated rings. The molecule has 3 nitrogen and oxygen atoms in total. The quantitative estimate of drug-likeness (QED) is 0.650. The normalized spacial score (nSPS) is 16.1. The van der Waals surface area contributed by atoms with Crippen LogP contribution in [0.25, 0.3) is 6.08 Å². The van der Waals surface area contributed by atoms with Gasteiger partial charge in [-0.3, -0.25) is 4.79 Å². The van der Waals surface area contributed by atoms with E-state index in [1.165, 1.54) is 11.8 Å². The molecule has 0 aliphatic carbocycles. The highest BCUT2D eigenvalue weighted by Gasteiger charge is 2.21. The molecular weight excluding hydrogens is 334 g/mol. The minimum Gasteiger partial charge on any atom is -0.508 e. The number of aromatic hydroxyl groups is 1. The number of nitrogens with one attached hydrogen (secondary N) is 1. The Bertz CT molecular complexity index is 769. The van der Waals surface area contributed by atoms with Crippen molar-refractivity contribution in [2.24, 2.45) is 0 Å². The molecule has 0 aromatic heterocycles. The largest absolute Gasteiger partial charge is 0.508 e. The minimum atomic E-state index is -0.147. The second kappa shape index (κ2) is 6.56. The second-order valence-corrected chi connectivity index (χ2v) is 7.39. The predicted molar refractivity (Wildman–Crippen MR) is 95.0 cm³/mol. The topological polar surface area (TPSA) is 49.3 Å². The molecule has 0 atom stereocenters. The number of phenolic OH excluding ortho intramolecular Hbond substituents is 1. The Morgan fingerprint density at radius 3 is 2.59 bits per heavy atom. The van der Waals surface area contributed by atoms with Gasteiger partial charge in [0.2, 0.25) is 0 Å². The minimum absolute atomic E-state index is 0.147. The Balaban J connectivity index is 1.81. The van der Waals surface area contributed by atoms with E-state index in [1.807, 2.05) is 42.5 Å². The van der Waals surface area contributed by atoms with E-state index in [4.69, 9.17) is 12.2 Å². The van der Waals surface area contributed by atoms with Gasteiger partial charge in [0.15, 0.2) is 0 Å². The number of carbonyl (C=O) groups excluding carboxylic acids is 1. The van der Waals surface area contributed by atoms with Crippen LogP contribution >= 0.6 is 35.7 Å². The summed E-state index contributed by atoms with van der Waals surface area (Å²) in [4.78, 5) is 14.4. The number of benzene rings is 2. The summed E-state index contributed by atoms with van der Waals surface area (Å²) in [5, 5.41) is 11.9. The molecule has 1 heterocycles. The molecule has 2 aromatic rings. The van der Waals surface area contributed by atoms with E-state index in [0.717, 1.165) is 15.4 Å². The number of hydrogen-bond acceptors (Lipinski definition) is 5. The summed E-state index contributed by atoms with van der Waals surface area (Å²) in [5.74, 6) is 0.106. The van der Waals surface area contributed by atoms with Crippen molar-refractivity contribution < 1.29 is 9.90 Å². The molecule has 0 unspecified atom stereocenters. The van der Waals surface area contributed by atoms with E-state index in [-0.39, 0.29) is 11.7 Å². The van der Waals surface area contributed by atoms with Gasteiger partial charge < -0.3 is 10.4 Å². The van der Waals surface area contributed by atoms with Gasteiger partial charge in [0, 0.05) is 9.79 Å². The van der Waals surface area contributed by atoms with E-state index in [9.17, 15) is 9.90 Å². The van der Waals surface area contributed by atoms with E-state index in [1.54, 1.807) is 23.9 Å². The summed E-state index contributed by atoms with van der Waals surface area (Å²) in [5.41, 5.74) is 0.950.